The molecule has 0 fully saturated rings. The Labute approximate surface area is 128 Å². The highest BCUT2D eigenvalue weighted by Gasteiger charge is 2.05. The van der Waals surface area contributed by atoms with E-state index in [0.717, 1.165) is 18.4 Å². The normalized spacial score (nSPS) is 12.2. The Morgan fingerprint density at radius 1 is 1.10 bits per heavy atom. The minimum absolute atomic E-state index is 0.132. The number of nitrogens with zero attached hydrogens (tertiary/aromatic N) is 1. The highest BCUT2D eigenvalue weighted by atomic mass is 35.5. The van der Waals surface area contributed by atoms with E-state index >= 15 is 0 Å². The van der Waals surface area contributed by atoms with Crippen molar-refractivity contribution in [1.29, 1.82) is 0 Å². The first-order valence-corrected chi connectivity index (χ1v) is 7.16. The van der Waals surface area contributed by atoms with Gasteiger partial charge in [0.2, 0.25) is 0 Å². The van der Waals surface area contributed by atoms with Gasteiger partial charge >= 0.3 is 0 Å². The average Bonchev–Trinajstić information content (AvgIpc) is 2.37. The van der Waals surface area contributed by atoms with Crippen LogP contribution in [0.1, 0.15) is 18.9 Å². The van der Waals surface area contributed by atoms with Crippen molar-refractivity contribution in [1.82, 2.24) is 4.98 Å². The first-order chi connectivity index (χ1) is 9.56. The molecule has 0 aliphatic rings. The van der Waals surface area contributed by atoms with Gasteiger partial charge in [-0.3, -0.25) is 4.98 Å². The van der Waals surface area contributed by atoms with Gasteiger partial charge in [-0.2, -0.15) is 0 Å². The summed E-state index contributed by atoms with van der Waals surface area (Å²) in [5, 5.41) is 1.06. The molecule has 0 radical (unpaired) electrons. The van der Waals surface area contributed by atoms with E-state index in [1.165, 1.54) is 0 Å². The smallest absolute Gasteiger partial charge is 0.145 e. The maximum Gasteiger partial charge on any atom is 0.145 e. The molecule has 1 heterocycles. The minimum atomic E-state index is 0.132. The molecule has 2 aromatic rings. The number of rotatable bonds is 5. The number of nitrogens with two attached hydrogens (primary N) is 1. The van der Waals surface area contributed by atoms with Crippen LogP contribution in [-0.2, 0) is 6.42 Å². The number of benzene rings is 1. The Bertz CT molecular complexity index is 570. The van der Waals surface area contributed by atoms with Crippen molar-refractivity contribution in [3.05, 3.63) is 52.3 Å². The Morgan fingerprint density at radius 3 is 2.45 bits per heavy atom. The number of halogens is 2. The SMILES string of the molecule is CCC(N)Cc1cncc(Oc2cc(Cl)cc(Cl)c2)c1. The lowest BCUT2D eigenvalue weighted by Gasteiger charge is -2.10. The summed E-state index contributed by atoms with van der Waals surface area (Å²) < 4.78 is 5.72. The van der Waals surface area contributed by atoms with Gasteiger partial charge < -0.3 is 10.5 Å². The number of ether oxygens (including phenoxy) is 1. The first-order valence-electron chi connectivity index (χ1n) is 6.40. The molecule has 0 spiro atoms. The molecule has 20 heavy (non-hydrogen) atoms. The third kappa shape index (κ3) is 4.37. The van der Waals surface area contributed by atoms with Crippen LogP contribution in [0.4, 0.5) is 0 Å². The molecule has 0 aliphatic carbocycles. The van der Waals surface area contributed by atoms with Gasteiger partial charge in [-0.25, -0.2) is 0 Å². The summed E-state index contributed by atoms with van der Waals surface area (Å²) >= 11 is 11.9. The topological polar surface area (TPSA) is 48.1 Å². The Kier molecular flexibility index (Phi) is 5.24. The molecular formula is C15H16Cl2N2O. The highest BCUT2D eigenvalue weighted by molar-refractivity contribution is 6.34. The van der Waals surface area contributed by atoms with Crippen LogP contribution in [0.2, 0.25) is 10.0 Å². The molecule has 1 aromatic heterocycles. The molecule has 106 valence electrons. The molecule has 5 heteroatoms. The Balaban J connectivity index is 2.15. The molecule has 3 nitrogen and oxygen atoms in total. The van der Waals surface area contributed by atoms with Crippen LogP contribution in [0.3, 0.4) is 0 Å². The van der Waals surface area contributed by atoms with Crippen LogP contribution < -0.4 is 10.5 Å². The molecule has 0 amide bonds. The second kappa shape index (κ2) is 6.93. The van der Waals surface area contributed by atoms with Crippen molar-refractivity contribution in [3.63, 3.8) is 0 Å². The van der Waals surface area contributed by atoms with Crippen LogP contribution in [0, 0.1) is 0 Å². The fraction of sp³-hybridized carbons (Fsp3) is 0.267. The van der Waals surface area contributed by atoms with Crippen molar-refractivity contribution in [3.8, 4) is 11.5 Å². The van der Waals surface area contributed by atoms with Crippen molar-refractivity contribution >= 4 is 23.2 Å². The number of aromatic nitrogens is 1. The van der Waals surface area contributed by atoms with Crippen LogP contribution in [0.5, 0.6) is 11.5 Å². The second-order valence-electron chi connectivity index (χ2n) is 4.61. The van der Waals surface area contributed by atoms with E-state index in [1.807, 2.05) is 6.07 Å². The maximum atomic E-state index is 5.94. The maximum absolute atomic E-state index is 5.94. The zero-order valence-electron chi connectivity index (χ0n) is 11.1. The standard InChI is InChI=1S/C15H16Cl2N2O/c1-2-13(18)3-10-4-15(9-19-8-10)20-14-6-11(16)5-12(17)7-14/h4-9,13H,2-3,18H2,1H3. The zero-order chi connectivity index (χ0) is 14.5. The van der Waals surface area contributed by atoms with Gasteiger partial charge in [0.05, 0.1) is 6.20 Å². The third-order valence-corrected chi connectivity index (χ3v) is 3.30. The molecular weight excluding hydrogens is 295 g/mol. The van der Waals surface area contributed by atoms with Crippen LogP contribution in [0.15, 0.2) is 36.7 Å². The summed E-state index contributed by atoms with van der Waals surface area (Å²) in [5.74, 6) is 1.23. The van der Waals surface area contributed by atoms with Gasteiger partial charge in [0.15, 0.2) is 0 Å². The highest BCUT2D eigenvalue weighted by Crippen LogP contribution is 2.28. The van der Waals surface area contributed by atoms with Gasteiger partial charge in [-0.15, -0.1) is 0 Å². The fourth-order valence-corrected chi connectivity index (χ4v) is 2.31. The zero-order valence-corrected chi connectivity index (χ0v) is 12.7. The quantitative estimate of drug-likeness (QED) is 0.887. The minimum Gasteiger partial charge on any atom is -0.456 e. The van der Waals surface area contributed by atoms with E-state index in [-0.39, 0.29) is 6.04 Å². The molecule has 2 N–H and O–H groups in total. The molecule has 0 saturated heterocycles. The summed E-state index contributed by atoms with van der Waals surface area (Å²) in [7, 11) is 0. The summed E-state index contributed by atoms with van der Waals surface area (Å²) in [6, 6.07) is 7.13. The molecule has 0 bridgehead atoms. The van der Waals surface area contributed by atoms with E-state index in [9.17, 15) is 0 Å². The molecule has 2 rings (SSSR count). The fourth-order valence-electron chi connectivity index (χ4n) is 1.80. The monoisotopic (exact) mass is 310 g/mol. The third-order valence-electron chi connectivity index (χ3n) is 2.86. The summed E-state index contributed by atoms with van der Waals surface area (Å²) in [6.45, 7) is 2.06. The Hall–Kier alpha value is -1.29. The molecule has 1 aromatic carbocycles. The lowest BCUT2D eigenvalue weighted by atomic mass is 10.1. The van der Waals surface area contributed by atoms with E-state index < -0.39 is 0 Å². The summed E-state index contributed by atoms with van der Waals surface area (Å²) in [5.41, 5.74) is 6.99. The molecule has 1 unspecified atom stereocenters. The van der Waals surface area contributed by atoms with E-state index in [1.54, 1.807) is 30.6 Å². The Morgan fingerprint density at radius 2 is 1.80 bits per heavy atom. The van der Waals surface area contributed by atoms with Gasteiger partial charge in [-0.05, 0) is 42.7 Å². The first kappa shape index (κ1) is 15.1. The molecule has 0 aliphatic heterocycles. The molecule has 0 saturated carbocycles. The predicted octanol–water partition coefficient (Wildman–Crippen LogP) is 4.46. The van der Waals surface area contributed by atoms with Crippen molar-refractivity contribution < 1.29 is 4.74 Å². The van der Waals surface area contributed by atoms with Gasteiger partial charge in [0, 0.05) is 22.3 Å². The van der Waals surface area contributed by atoms with Crippen LogP contribution >= 0.6 is 23.2 Å². The van der Waals surface area contributed by atoms with Crippen molar-refractivity contribution in [2.75, 3.05) is 0 Å². The van der Waals surface area contributed by atoms with E-state index in [4.69, 9.17) is 33.7 Å². The largest absolute Gasteiger partial charge is 0.456 e. The number of hydrogen-bond donors (Lipinski definition) is 1. The number of hydrogen-bond acceptors (Lipinski definition) is 3. The lowest BCUT2D eigenvalue weighted by Crippen LogP contribution is -2.21. The summed E-state index contributed by atoms with van der Waals surface area (Å²) in [6.07, 6.45) is 5.15. The van der Waals surface area contributed by atoms with E-state index in [2.05, 4.69) is 11.9 Å². The summed E-state index contributed by atoms with van der Waals surface area (Å²) in [4.78, 5) is 4.17. The lowest BCUT2D eigenvalue weighted by molar-refractivity contribution is 0.479. The predicted molar refractivity (Wildman–Crippen MR) is 82.7 cm³/mol. The van der Waals surface area contributed by atoms with Gasteiger partial charge in [0.1, 0.15) is 11.5 Å². The van der Waals surface area contributed by atoms with E-state index in [0.29, 0.717) is 21.5 Å². The second-order valence-corrected chi connectivity index (χ2v) is 5.48. The molecule has 1 atom stereocenters. The van der Waals surface area contributed by atoms with Gasteiger partial charge in [0.25, 0.3) is 0 Å². The average molecular weight is 311 g/mol. The van der Waals surface area contributed by atoms with Gasteiger partial charge in [-0.1, -0.05) is 30.1 Å². The van der Waals surface area contributed by atoms with Crippen LogP contribution in [-0.4, -0.2) is 11.0 Å². The van der Waals surface area contributed by atoms with Crippen LogP contribution in [0.25, 0.3) is 0 Å². The van der Waals surface area contributed by atoms with Crippen molar-refractivity contribution in [2.45, 2.75) is 25.8 Å². The number of pyridine rings is 1. The van der Waals surface area contributed by atoms with Crippen molar-refractivity contribution in [2.24, 2.45) is 5.73 Å².